The van der Waals surface area contributed by atoms with Crippen molar-refractivity contribution in [3.8, 4) is 0 Å². The molecule has 2 aliphatic rings. The van der Waals surface area contributed by atoms with Crippen LogP contribution in [0.25, 0.3) is 0 Å². The summed E-state index contributed by atoms with van der Waals surface area (Å²) in [5, 5.41) is 3.57. The van der Waals surface area contributed by atoms with Gasteiger partial charge in [-0.3, -0.25) is 10.1 Å². The van der Waals surface area contributed by atoms with Gasteiger partial charge < -0.3 is 4.90 Å². The fourth-order valence-corrected chi connectivity index (χ4v) is 5.60. The normalized spacial score (nSPS) is 25.0. The summed E-state index contributed by atoms with van der Waals surface area (Å²) >= 11 is 0. The molecular formula is C19H29N3O3S. The molecule has 1 spiro atoms. The molecule has 1 amide bonds. The maximum Gasteiger partial charge on any atom is 0.243 e. The van der Waals surface area contributed by atoms with E-state index in [1.165, 1.54) is 0 Å². The first kappa shape index (κ1) is 19.3. The summed E-state index contributed by atoms with van der Waals surface area (Å²) in [5.41, 5.74) is -0.414. The zero-order chi connectivity index (χ0) is 18.9. The van der Waals surface area contributed by atoms with Crippen molar-refractivity contribution < 1.29 is 13.2 Å². The monoisotopic (exact) mass is 379 g/mol. The van der Waals surface area contributed by atoms with Crippen LogP contribution in [0.15, 0.2) is 35.2 Å². The van der Waals surface area contributed by atoms with Crippen LogP contribution in [0.4, 0.5) is 0 Å². The average Bonchev–Trinajstić information content (AvgIpc) is 2.93. The predicted octanol–water partition coefficient (Wildman–Crippen LogP) is 2.03. The van der Waals surface area contributed by atoms with E-state index in [-0.39, 0.29) is 17.9 Å². The van der Waals surface area contributed by atoms with Gasteiger partial charge in [-0.1, -0.05) is 38.5 Å². The zero-order valence-corrected chi connectivity index (χ0v) is 16.6. The van der Waals surface area contributed by atoms with Crippen LogP contribution in [0.1, 0.15) is 40.0 Å². The minimum Gasteiger partial charge on any atom is -0.323 e. The molecular weight excluding hydrogens is 350 g/mol. The number of rotatable bonds is 5. The quantitative estimate of drug-likeness (QED) is 0.850. The van der Waals surface area contributed by atoms with Crippen molar-refractivity contribution in [2.45, 2.75) is 56.6 Å². The lowest BCUT2D eigenvalue weighted by Crippen LogP contribution is -2.59. The lowest BCUT2D eigenvalue weighted by Gasteiger charge is -2.44. The van der Waals surface area contributed by atoms with Crippen LogP contribution in [0.3, 0.4) is 0 Å². The lowest BCUT2D eigenvalue weighted by atomic mass is 9.96. The Hall–Kier alpha value is -1.44. The molecule has 1 N–H and O–H groups in total. The van der Waals surface area contributed by atoms with E-state index in [9.17, 15) is 13.2 Å². The smallest absolute Gasteiger partial charge is 0.243 e. The van der Waals surface area contributed by atoms with Crippen LogP contribution in [-0.2, 0) is 14.8 Å². The molecule has 0 radical (unpaired) electrons. The van der Waals surface area contributed by atoms with Gasteiger partial charge in [0, 0.05) is 19.6 Å². The maximum absolute atomic E-state index is 12.8. The fraction of sp³-hybridized carbons (Fsp3) is 0.632. The molecule has 7 heteroatoms. The Labute approximate surface area is 156 Å². The van der Waals surface area contributed by atoms with Gasteiger partial charge in [0.05, 0.1) is 16.6 Å². The summed E-state index contributed by atoms with van der Waals surface area (Å²) in [6.45, 7) is 7.66. The van der Waals surface area contributed by atoms with E-state index in [4.69, 9.17) is 0 Å². The first-order chi connectivity index (χ1) is 12.4. The van der Waals surface area contributed by atoms with Gasteiger partial charge in [0.2, 0.25) is 15.9 Å². The van der Waals surface area contributed by atoms with Crippen molar-refractivity contribution in [3.05, 3.63) is 30.3 Å². The van der Waals surface area contributed by atoms with Crippen LogP contribution < -0.4 is 5.32 Å². The third-order valence-electron chi connectivity index (χ3n) is 5.93. The number of amides is 1. The van der Waals surface area contributed by atoms with Gasteiger partial charge >= 0.3 is 0 Å². The van der Waals surface area contributed by atoms with Crippen molar-refractivity contribution >= 4 is 15.9 Å². The number of carbonyl (C=O) groups excluding carboxylic acids is 1. The van der Waals surface area contributed by atoms with E-state index in [2.05, 4.69) is 19.2 Å². The average molecular weight is 380 g/mol. The van der Waals surface area contributed by atoms with E-state index in [1.807, 2.05) is 17.9 Å². The van der Waals surface area contributed by atoms with Crippen LogP contribution in [0, 0.1) is 5.92 Å². The number of benzene rings is 1. The molecule has 0 unspecified atom stereocenters. The molecule has 2 atom stereocenters. The standard InChI is InChI=1S/C19H29N3O3S/c1-4-15(3)17-18(23)22(5-2)19(20-17)11-13-21(14-12-19)26(24,25)16-9-7-6-8-10-16/h6-10,15,17,20H,4-5,11-14H2,1-3H3/t15-,17-/m0/s1. The highest BCUT2D eigenvalue weighted by molar-refractivity contribution is 7.89. The number of piperidine rings is 1. The summed E-state index contributed by atoms with van der Waals surface area (Å²) in [5.74, 6) is 0.420. The Kier molecular flexibility index (Phi) is 5.42. The number of carbonyl (C=O) groups is 1. The minimum absolute atomic E-state index is 0.154. The highest BCUT2D eigenvalue weighted by atomic mass is 32.2. The van der Waals surface area contributed by atoms with E-state index < -0.39 is 15.7 Å². The predicted molar refractivity (Wildman–Crippen MR) is 101 cm³/mol. The molecule has 1 aromatic rings. The molecule has 26 heavy (non-hydrogen) atoms. The molecule has 3 rings (SSSR count). The third-order valence-corrected chi connectivity index (χ3v) is 7.85. The Morgan fingerprint density at radius 2 is 1.81 bits per heavy atom. The molecule has 2 heterocycles. The van der Waals surface area contributed by atoms with Crippen LogP contribution in [-0.4, -0.2) is 54.9 Å². The van der Waals surface area contributed by atoms with Gasteiger partial charge in [0.1, 0.15) is 0 Å². The second kappa shape index (κ2) is 7.29. The second-order valence-corrected chi connectivity index (χ2v) is 9.28. The first-order valence-electron chi connectivity index (χ1n) is 9.50. The molecule has 6 nitrogen and oxygen atoms in total. The fourth-order valence-electron chi connectivity index (χ4n) is 4.14. The number of nitrogens with zero attached hydrogens (tertiary/aromatic N) is 2. The van der Waals surface area contributed by atoms with Gasteiger partial charge in [0.25, 0.3) is 0 Å². The molecule has 0 aliphatic carbocycles. The number of nitrogens with one attached hydrogen (secondary N) is 1. The van der Waals surface area contributed by atoms with Crippen molar-refractivity contribution in [2.75, 3.05) is 19.6 Å². The van der Waals surface area contributed by atoms with Gasteiger partial charge in [-0.2, -0.15) is 4.31 Å². The molecule has 2 saturated heterocycles. The molecule has 2 aliphatic heterocycles. The van der Waals surface area contributed by atoms with E-state index in [0.29, 0.717) is 37.4 Å². The first-order valence-corrected chi connectivity index (χ1v) is 10.9. The SMILES string of the molecule is CC[C@H](C)[C@@H]1NC2(CCN(S(=O)(=O)c3ccccc3)CC2)N(CC)C1=O. The Bertz CT molecular complexity index is 743. The summed E-state index contributed by atoms with van der Waals surface area (Å²) in [4.78, 5) is 15.1. The highest BCUT2D eigenvalue weighted by Gasteiger charge is 2.52. The zero-order valence-electron chi connectivity index (χ0n) is 15.8. The van der Waals surface area contributed by atoms with Crippen molar-refractivity contribution in [1.82, 2.24) is 14.5 Å². The third kappa shape index (κ3) is 3.17. The van der Waals surface area contributed by atoms with Crippen molar-refractivity contribution in [2.24, 2.45) is 5.92 Å². The van der Waals surface area contributed by atoms with Crippen LogP contribution >= 0.6 is 0 Å². The maximum atomic E-state index is 12.8. The topological polar surface area (TPSA) is 69.7 Å². The summed E-state index contributed by atoms with van der Waals surface area (Å²) in [6.07, 6.45) is 2.17. The number of sulfonamides is 1. The van der Waals surface area contributed by atoms with E-state index >= 15 is 0 Å². The van der Waals surface area contributed by atoms with Crippen molar-refractivity contribution in [1.29, 1.82) is 0 Å². The molecule has 0 bridgehead atoms. The largest absolute Gasteiger partial charge is 0.323 e. The molecule has 2 fully saturated rings. The van der Waals surface area contributed by atoms with E-state index in [0.717, 1.165) is 6.42 Å². The number of hydrogen-bond donors (Lipinski definition) is 1. The Balaban J connectivity index is 1.78. The second-order valence-electron chi connectivity index (χ2n) is 7.34. The Morgan fingerprint density at radius 1 is 1.19 bits per heavy atom. The van der Waals surface area contributed by atoms with Gasteiger partial charge in [-0.25, -0.2) is 8.42 Å². The summed E-state index contributed by atoms with van der Waals surface area (Å²) < 4.78 is 27.2. The van der Waals surface area contributed by atoms with Gasteiger partial charge in [0.15, 0.2) is 0 Å². The van der Waals surface area contributed by atoms with Crippen molar-refractivity contribution in [3.63, 3.8) is 0 Å². The highest BCUT2D eigenvalue weighted by Crippen LogP contribution is 2.36. The molecule has 1 aromatic carbocycles. The van der Waals surface area contributed by atoms with Crippen LogP contribution in [0.2, 0.25) is 0 Å². The number of likely N-dealkylation sites (N-methyl/N-ethyl adjacent to an activating group) is 1. The molecule has 0 aromatic heterocycles. The van der Waals surface area contributed by atoms with E-state index in [1.54, 1.807) is 28.6 Å². The number of hydrogen-bond acceptors (Lipinski definition) is 4. The Morgan fingerprint density at radius 3 is 2.35 bits per heavy atom. The molecule has 144 valence electrons. The van der Waals surface area contributed by atoms with Crippen LogP contribution in [0.5, 0.6) is 0 Å². The molecule has 0 saturated carbocycles. The summed E-state index contributed by atoms with van der Waals surface area (Å²) in [7, 11) is -3.48. The minimum atomic E-state index is -3.48. The lowest BCUT2D eigenvalue weighted by molar-refractivity contribution is -0.133. The van der Waals surface area contributed by atoms with Gasteiger partial charge in [-0.05, 0) is 37.8 Å². The van der Waals surface area contributed by atoms with Gasteiger partial charge in [-0.15, -0.1) is 0 Å². The summed E-state index contributed by atoms with van der Waals surface area (Å²) in [6, 6.07) is 8.39.